The Labute approximate surface area is 329 Å². The molecule has 11 rings (SSSR count). The third kappa shape index (κ3) is 5.92. The molecule has 0 bridgehead atoms. The molecule has 11 aromatic rings. The van der Waals surface area contributed by atoms with Crippen LogP contribution in [0.25, 0.3) is 111 Å². The molecule has 0 amide bonds. The summed E-state index contributed by atoms with van der Waals surface area (Å²) < 4.78 is 6.28. The maximum absolute atomic E-state index is 6.28. The third-order valence-electron chi connectivity index (χ3n) is 10.9. The molecule has 0 aliphatic rings. The molecule has 0 fully saturated rings. The Balaban J connectivity index is 1.15. The molecule has 0 N–H and O–H groups in total. The Morgan fingerprint density at radius 1 is 0.263 bits per heavy atom. The van der Waals surface area contributed by atoms with E-state index in [-0.39, 0.29) is 0 Å². The SMILES string of the molecule is c1ccc(-c2cc(-c3nc(-c4cccc(-c5ccc6c(c5)oc5ccccc56)c4)nc(-c4cc5ccccc5cc4-c4ccccc4)n3)c3ccccc3c2)cc1. The van der Waals surface area contributed by atoms with Gasteiger partial charge in [-0.1, -0.05) is 152 Å². The number of rotatable bonds is 6. The van der Waals surface area contributed by atoms with Gasteiger partial charge < -0.3 is 4.42 Å². The Morgan fingerprint density at radius 2 is 0.825 bits per heavy atom. The van der Waals surface area contributed by atoms with Gasteiger partial charge in [-0.2, -0.15) is 0 Å². The number of hydrogen-bond acceptors (Lipinski definition) is 4. The summed E-state index contributed by atoms with van der Waals surface area (Å²) in [5.74, 6) is 1.83. The van der Waals surface area contributed by atoms with E-state index in [0.29, 0.717) is 17.5 Å². The van der Waals surface area contributed by atoms with E-state index in [1.54, 1.807) is 0 Å². The zero-order chi connectivity index (χ0) is 37.7. The van der Waals surface area contributed by atoms with E-state index in [9.17, 15) is 0 Å². The Bertz CT molecular complexity index is 3300. The summed E-state index contributed by atoms with van der Waals surface area (Å²) >= 11 is 0. The smallest absolute Gasteiger partial charge is 0.164 e. The van der Waals surface area contributed by atoms with Crippen LogP contribution < -0.4 is 0 Å². The van der Waals surface area contributed by atoms with Crippen LogP contribution in [0.5, 0.6) is 0 Å². The lowest BCUT2D eigenvalue weighted by Gasteiger charge is -2.15. The largest absolute Gasteiger partial charge is 0.456 e. The first-order chi connectivity index (χ1) is 28.2. The Kier molecular flexibility index (Phi) is 7.78. The van der Waals surface area contributed by atoms with Gasteiger partial charge in [-0.25, -0.2) is 15.0 Å². The number of benzene rings is 9. The number of aromatic nitrogens is 3. The second-order valence-corrected chi connectivity index (χ2v) is 14.4. The fraction of sp³-hybridized carbons (Fsp3) is 0. The minimum atomic E-state index is 0.600. The van der Waals surface area contributed by atoms with Crippen LogP contribution in [0.15, 0.2) is 205 Å². The van der Waals surface area contributed by atoms with Gasteiger partial charge in [-0.05, 0) is 103 Å². The van der Waals surface area contributed by atoms with Crippen molar-refractivity contribution in [2.24, 2.45) is 0 Å². The second kappa shape index (κ2) is 13.6. The lowest BCUT2D eigenvalue weighted by molar-refractivity contribution is 0.669. The topological polar surface area (TPSA) is 51.8 Å². The quantitative estimate of drug-likeness (QED) is 0.171. The highest BCUT2D eigenvalue weighted by molar-refractivity contribution is 6.06. The van der Waals surface area contributed by atoms with Crippen LogP contribution in [0.3, 0.4) is 0 Å². The summed E-state index contributed by atoms with van der Waals surface area (Å²) in [7, 11) is 0. The summed E-state index contributed by atoms with van der Waals surface area (Å²) in [6.07, 6.45) is 0. The van der Waals surface area contributed by atoms with Gasteiger partial charge in [0.1, 0.15) is 11.2 Å². The minimum absolute atomic E-state index is 0.600. The lowest BCUT2D eigenvalue weighted by atomic mass is 9.94. The van der Waals surface area contributed by atoms with Crippen molar-refractivity contribution < 1.29 is 4.42 Å². The molecular formula is C53H33N3O. The fourth-order valence-electron chi connectivity index (χ4n) is 8.06. The van der Waals surface area contributed by atoms with E-state index in [2.05, 4.69) is 170 Å². The lowest BCUT2D eigenvalue weighted by Crippen LogP contribution is -2.02. The van der Waals surface area contributed by atoms with Gasteiger partial charge >= 0.3 is 0 Å². The molecule has 0 aliphatic heterocycles. The number of nitrogens with zero attached hydrogens (tertiary/aromatic N) is 3. The number of furan rings is 1. The molecule has 4 heteroatoms. The zero-order valence-corrected chi connectivity index (χ0v) is 30.8. The molecule has 2 heterocycles. The minimum Gasteiger partial charge on any atom is -0.456 e. The molecule has 0 unspecified atom stereocenters. The van der Waals surface area contributed by atoms with Gasteiger partial charge in [0.2, 0.25) is 0 Å². The zero-order valence-electron chi connectivity index (χ0n) is 30.8. The van der Waals surface area contributed by atoms with Gasteiger partial charge in [-0.15, -0.1) is 0 Å². The Hall–Kier alpha value is -7.69. The van der Waals surface area contributed by atoms with E-state index in [0.717, 1.165) is 93.6 Å². The highest BCUT2D eigenvalue weighted by atomic mass is 16.3. The fourth-order valence-corrected chi connectivity index (χ4v) is 8.06. The van der Waals surface area contributed by atoms with Crippen LogP contribution >= 0.6 is 0 Å². The van der Waals surface area contributed by atoms with Gasteiger partial charge in [0.15, 0.2) is 17.5 Å². The van der Waals surface area contributed by atoms with Crippen molar-refractivity contribution in [2.75, 3.05) is 0 Å². The van der Waals surface area contributed by atoms with Gasteiger partial charge in [0.25, 0.3) is 0 Å². The molecule has 0 spiro atoms. The number of fused-ring (bicyclic) bond motifs is 5. The second-order valence-electron chi connectivity index (χ2n) is 14.4. The van der Waals surface area contributed by atoms with E-state index < -0.39 is 0 Å². The van der Waals surface area contributed by atoms with Crippen LogP contribution in [-0.2, 0) is 0 Å². The average Bonchev–Trinajstić information content (AvgIpc) is 3.67. The molecule has 266 valence electrons. The summed E-state index contributed by atoms with van der Waals surface area (Å²) in [5.41, 5.74) is 11.0. The van der Waals surface area contributed by atoms with Crippen molar-refractivity contribution in [3.63, 3.8) is 0 Å². The van der Waals surface area contributed by atoms with Crippen molar-refractivity contribution >= 4 is 43.5 Å². The van der Waals surface area contributed by atoms with Crippen LogP contribution in [0.2, 0.25) is 0 Å². The number of hydrogen-bond donors (Lipinski definition) is 0. The molecule has 9 aromatic carbocycles. The van der Waals surface area contributed by atoms with E-state index in [1.807, 2.05) is 30.3 Å². The van der Waals surface area contributed by atoms with Crippen LogP contribution in [0.4, 0.5) is 0 Å². The van der Waals surface area contributed by atoms with Crippen molar-refractivity contribution in [2.45, 2.75) is 0 Å². The normalized spacial score (nSPS) is 11.5. The first-order valence-electron chi connectivity index (χ1n) is 19.2. The van der Waals surface area contributed by atoms with E-state index in [1.165, 1.54) is 0 Å². The average molecular weight is 728 g/mol. The molecule has 2 aromatic heterocycles. The van der Waals surface area contributed by atoms with Gasteiger partial charge in [0, 0.05) is 27.5 Å². The summed E-state index contributed by atoms with van der Waals surface area (Å²) in [4.78, 5) is 16.0. The van der Waals surface area contributed by atoms with Crippen molar-refractivity contribution in [1.29, 1.82) is 0 Å². The number of para-hydroxylation sites is 1. The highest BCUT2D eigenvalue weighted by Gasteiger charge is 2.19. The molecule has 0 saturated carbocycles. The molecular weight excluding hydrogens is 695 g/mol. The van der Waals surface area contributed by atoms with Crippen molar-refractivity contribution in [3.05, 3.63) is 200 Å². The maximum atomic E-state index is 6.28. The van der Waals surface area contributed by atoms with Crippen molar-refractivity contribution in [1.82, 2.24) is 15.0 Å². The summed E-state index contributed by atoms with van der Waals surface area (Å²) in [5, 5.41) is 6.70. The third-order valence-corrected chi connectivity index (χ3v) is 10.9. The molecule has 0 radical (unpaired) electrons. The van der Waals surface area contributed by atoms with E-state index in [4.69, 9.17) is 19.4 Å². The van der Waals surface area contributed by atoms with Crippen molar-refractivity contribution in [3.8, 4) is 67.5 Å². The summed E-state index contributed by atoms with van der Waals surface area (Å²) in [6, 6.07) is 70.0. The monoisotopic (exact) mass is 727 g/mol. The van der Waals surface area contributed by atoms with Crippen LogP contribution in [-0.4, -0.2) is 15.0 Å². The van der Waals surface area contributed by atoms with Crippen LogP contribution in [0, 0.1) is 0 Å². The molecule has 4 nitrogen and oxygen atoms in total. The highest BCUT2D eigenvalue weighted by Crippen LogP contribution is 2.39. The van der Waals surface area contributed by atoms with E-state index >= 15 is 0 Å². The maximum Gasteiger partial charge on any atom is 0.164 e. The predicted molar refractivity (Wildman–Crippen MR) is 235 cm³/mol. The van der Waals surface area contributed by atoms with Gasteiger partial charge in [0.05, 0.1) is 0 Å². The molecule has 57 heavy (non-hydrogen) atoms. The summed E-state index contributed by atoms with van der Waals surface area (Å²) in [6.45, 7) is 0. The van der Waals surface area contributed by atoms with Gasteiger partial charge in [-0.3, -0.25) is 0 Å². The predicted octanol–water partition coefficient (Wildman–Crippen LogP) is 14.1. The standard InChI is InChI=1S/C53H33N3O/c1-3-14-34(15-4-1)42-29-40-20-9-10-23-43(40)47(32-42)52-54-51(41-22-13-21-36(28-41)39-26-27-45-44-24-11-12-25-49(44)57-50(45)33-39)55-53(56-52)48-31-38-19-8-7-18-37(38)30-46(48)35-16-5-2-6-17-35/h1-33H. The first kappa shape index (κ1) is 32.7. The molecule has 0 aliphatic carbocycles. The Morgan fingerprint density at radius 3 is 1.61 bits per heavy atom. The first-order valence-corrected chi connectivity index (χ1v) is 19.2. The molecule has 0 atom stereocenters. The molecule has 0 saturated heterocycles. The van der Waals surface area contributed by atoms with Crippen LogP contribution in [0.1, 0.15) is 0 Å².